The average molecular weight is 474 g/mol. The van der Waals surface area contributed by atoms with Gasteiger partial charge in [-0.05, 0) is 36.4 Å². The highest BCUT2D eigenvalue weighted by Crippen LogP contribution is 2.29. The number of sulfone groups is 1. The fourth-order valence-electron chi connectivity index (χ4n) is 3.29. The first kappa shape index (κ1) is 21.9. The number of furan rings is 1. The molecule has 7 nitrogen and oxygen atoms in total. The van der Waals surface area contributed by atoms with Crippen LogP contribution in [0.3, 0.4) is 0 Å². The van der Waals surface area contributed by atoms with E-state index >= 15 is 0 Å². The number of hydrogen-bond acceptors (Lipinski definition) is 6. The molecule has 0 aliphatic carbocycles. The van der Waals surface area contributed by atoms with Crippen LogP contribution in [0.1, 0.15) is 10.4 Å². The molecule has 10 heteroatoms. The first-order chi connectivity index (χ1) is 15.1. The largest absolute Gasteiger partial charge is 0.456 e. The Morgan fingerprint density at radius 2 is 1.53 bits per heavy atom. The minimum absolute atomic E-state index is 0.373. The molecule has 0 saturated carbocycles. The second-order valence-corrected chi connectivity index (χ2v) is 10.5. The molecule has 4 aromatic rings. The molecule has 2 N–H and O–H groups in total. The fourth-order valence-corrected chi connectivity index (χ4v) is 5.95. The number of ketones is 1. The Balaban J connectivity index is 1.64. The number of carbonyl (C=O) groups is 1. The van der Waals surface area contributed by atoms with E-state index in [-0.39, 0.29) is 0 Å². The lowest BCUT2D eigenvalue weighted by Gasteiger charge is -2.09. The zero-order valence-electron chi connectivity index (χ0n) is 16.4. The number of fused-ring (bicyclic) bond motifs is 1. The van der Waals surface area contributed by atoms with Crippen LogP contribution < -0.4 is 5.14 Å². The summed E-state index contributed by atoms with van der Waals surface area (Å²) >= 11 is 0. The van der Waals surface area contributed by atoms with Gasteiger partial charge < -0.3 is 4.42 Å². The molecule has 3 aromatic carbocycles. The van der Waals surface area contributed by atoms with Crippen LogP contribution in [0.15, 0.2) is 87.0 Å². The van der Waals surface area contributed by atoms with E-state index in [2.05, 4.69) is 0 Å². The van der Waals surface area contributed by atoms with Crippen LogP contribution >= 0.6 is 0 Å². The van der Waals surface area contributed by atoms with Gasteiger partial charge in [0.1, 0.15) is 27.8 Å². The summed E-state index contributed by atoms with van der Waals surface area (Å²) in [5.74, 6) is -2.69. The van der Waals surface area contributed by atoms with Gasteiger partial charge in [-0.3, -0.25) is 4.79 Å². The molecule has 164 valence electrons. The van der Waals surface area contributed by atoms with E-state index < -0.39 is 52.6 Å². The number of halogens is 1. The van der Waals surface area contributed by atoms with Crippen molar-refractivity contribution in [3.63, 3.8) is 0 Å². The van der Waals surface area contributed by atoms with Crippen molar-refractivity contribution in [1.29, 1.82) is 0 Å². The van der Waals surface area contributed by atoms with E-state index in [1.165, 1.54) is 24.3 Å². The standard InChI is InChI=1S/C22H16FNO6S2/c23-17-11-15(20-12-14-5-1-2-6-19(14)30-20)9-10-16(17)18(25)13-31(26,27)21-7-3-4-8-22(21)32(24,28)29/h1-12H,13H2,(H2,24,28,29). The summed E-state index contributed by atoms with van der Waals surface area (Å²) in [5.41, 5.74) is 0.543. The highest BCUT2D eigenvalue weighted by molar-refractivity contribution is 7.94. The van der Waals surface area contributed by atoms with Crippen molar-refractivity contribution in [2.24, 2.45) is 5.14 Å². The predicted molar refractivity (Wildman–Crippen MR) is 116 cm³/mol. The van der Waals surface area contributed by atoms with Crippen LogP contribution in [-0.2, 0) is 19.9 Å². The first-order valence-electron chi connectivity index (χ1n) is 9.22. The van der Waals surface area contributed by atoms with Crippen molar-refractivity contribution in [1.82, 2.24) is 0 Å². The molecule has 0 atom stereocenters. The molecule has 0 amide bonds. The molecule has 0 aliphatic heterocycles. The van der Waals surface area contributed by atoms with Gasteiger partial charge in [-0.25, -0.2) is 26.4 Å². The molecule has 32 heavy (non-hydrogen) atoms. The lowest BCUT2D eigenvalue weighted by Crippen LogP contribution is -2.22. The highest BCUT2D eigenvalue weighted by Gasteiger charge is 2.28. The van der Waals surface area contributed by atoms with Crippen LogP contribution in [-0.4, -0.2) is 28.4 Å². The Kier molecular flexibility index (Phi) is 5.45. The number of benzene rings is 3. The molecular weight excluding hydrogens is 457 g/mol. The molecule has 0 spiro atoms. The van der Waals surface area contributed by atoms with E-state index in [1.807, 2.05) is 12.1 Å². The number of hydrogen-bond donors (Lipinski definition) is 1. The lowest BCUT2D eigenvalue weighted by atomic mass is 10.1. The zero-order chi connectivity index (χ0) is 23.1. The molecule has 0 bridgehead atoms. The molecule has 1 aromatic heterocycles. The van der Waals surface area contributed by atoms with Gasteiger partial charge >= 0.3 is 0 Å². The second kappa shape index (κ2) is 7.97. The summed E-state index contributed by atoms with van der Waals surface area (Å²) in [6.45, 7) is 0. The number of nitrogens with two attached hydrogens (primary N) is 1. The van der Waals surface area contributed by atoms with Crippen molar-refractivity contribution in [2.75, 3.05) is 5.75 Å². The maximum absolute atomic E-state index is 14.7. The quantitative estimate of drug-likeness (QED) is 0.427. The molecule has 4 rings (SSSR count). The summed E-state index contributed by atoms with van der Waals surface area (Å²) in [5, 5.41) is 5.90. The summed E-state index contributed by atoms with van der Waals surface area (Å²) < 4.78 is 69.2. The summed E-state index contributed by atoms with van der Waals surface area (Å²) in [7, 11) is -8.76. The normalized spacial score (nSPS) is 12.2. The summed E-state index contributed by atoms with van der Waals surface area (Å²) in [6.07, 6.45) is 0. The maximum atomic E-state index is 14.7. The number of Topliss-reactive ketones (excluding diaryl/α,β-unsaturated/α-hetero) is 1. The maximum Gasteiger partial charge on any atom is 0.239 e. The Labute approximate surface area is 183 Å². The predicted octanol–water partition coefficient (Wildman–Crippen LogP) is 3.54. The van der Waals surface area contributed by atoms with Crippen LogP contribution in [0.25, 0.3) is 22.3 Å². The molecule has 0 unspecified atom stereocenters. The number of para-hydroxylation sites is 1. The van der Waals surface area contributed by atoms with E-state index in [0.717, 1.165) is 23.6 Å². The van der Waals surface area contributed by atoms with Crippen LogP contribution in [0.2, 0.25) is 0 Å². The Morgan fingerprint density at radius 3 is 2.19 bits per heavy atom. The third-order valence-corrected chi connectivity index (χ3v) is 7.56. The first-order valence-corrected chi connectivity index (χ1v) is 12.4. The molecule has 0 fully saturated rings. The number of rotatable bonds is 6. The van der Waals surface area contributed by atoms with Gasteiger partial charge in [0.25, 0.3) is 0 Å². The molecule has 1 heterocycles. The third kappa shape index (κ3) is 4.20. The van der Waals surface area contributed by atoms with Crippen LogP contribution in [0.5, 0.6) is 0 Å². The minimum Gasteiger partial charge on any atom is -0.456 e. The van der Waals surface area contributed by atoms with Gasteiger partial charge in [0.15, 0.2) is 15.6 Å². The van der Waals surface area contributed by atoms with Crippen molar-refractivity contribution in [3.8, 4) is 11.3 Å². The van der Waals surface area contributed by atoms with Gasteiger partial charge in [0.05, 0.1) is 10.5 Å². The van der Waals surface area contributed by atoms with Crippen LogP contribution in [0.4, 0.5) is 4.39 Å². The van der Waals surface area contributed by atoms with Gasteiger partial charge in [-0.2, -0.15) is 0 Å². The molecule has 0 saturated heterocycles. The third-order valence-electron chi connectivity index (χ3n) is 4.79. The second-order valence-electron chi connectivity index (χ2n) is 7.02. The Hall–Kier alpha value is -3.34. The lowest BCUT2D eigenvalue weighted by molar-refractivity contribution is 0.101. The van der Waals surface area contributed by atoms with E-state index in [1.54, 1.807) is 18.2 Å². The topological polar surface area (TPSA) is 125 Å². The Bertz CT molecular complexity index is 1540. The van der Waals surface area contributed by atoms with E-state index in [0.29, 0.717) is 16.9 Å². The van der Waals surface area contributed by atoms with Gasteiger partial charge in [-0.15, -0.1) is 0 Å². The van der Waals surface area contributed by atoms with Crippen molar-refractivity contribution in [2.45, 2.75) is 9.79 Å². The Morgan fingerprint density at radius 1 is 0.875 bits per heavy atom. The smallest absolute Gasteiger partial charge is 0.239 e. The highest BCUT2D eigenvalue weighted by atomic mass is 32.2. The van der Waals surface area contributed by atoms with Gasteiger partial charge in [0.2, 0.25) is 10.0 Å². The van der Waals surface area contributed by atoms with E-state index in [9.17, 15) is 26.0 Å². The number of carbonyl (C=O) groups excluding carboxylic acids is 1. The van der Waals surface area contributed by atoms with Crippen molar-refractivity contribution >= 4 is 36.6 Å². The van der Waals surface area contributed by atoms with Crippen LogP contribution in [0, 0.1) is 5.82 Å². The zero-order valence-corrected chi connectivity index (χ0v) is 18.0. The van der Waals surface area contributed by atoms with Gasteiger partial charge in [0, 0.05) is 10.9 Å². The molecule has 0 aliphatic rings. The number of primary sulfonamides is 1. The fraction of sp³-hybridized carbons (Fsp3) is 0.0455. The summed E-state index contributed by atoms with van der Waals surface area (Å²) in [4.78, 5) is 11.3. The van der Waals surface area contributed by atoms with E-state index in [4.69, 9.17) is 9.56 Å². The SMILES string of the molecule is NS(=O)(=O)c1ccccc1S(=O)(=O)CC(=O)c1ccc(-c2cc3ccccc3o2)cc1F. The number of sulfonamides is 1. The van der Waals surface area contributed by atoms with Crippen molar-refractivity contribution < 1.29 is 30.4 Å². The van der Waals surface area contributed by atoms with Gasteiger partial charge in [-0.1, -0.05) is 36.4 Å². The molecule has 0 radical (unpaired) electrons. The van der Waals surface area contributed by atoms with Crippen molar-refractivity contribution in [3.05, 3.63) is 84.2 Å². The average Bonchev–Trinajstić information content (AvgIpc) is 3.17. The minimum atomic E-state index is -4.41. The molecular formula is C22H16FNO6S2. The summed E-state index contributed by atoms with van der Waals surface area (Å²) in [6, 6.07) is 17.3. The monoisotopic (exact) mass is 473 g/mol.